The quantitative estimate of drug-likeness (QED) is 0.144. The smallest absolute Gasteiger partial charge is 0.364 e. The summed E-state index contributed by atoms with van der Waals surface area (Å²) in [7, 11) is 0. The van der Waals surface area contributed by atoms with E-state index >= 15 is 0 Å². The van der Waals surface area contributed by atoms with Crippen LogP contribution in [0.25, 0.3) is 0 Å². The molecule has 1 aliphatic rings. The summed E-state index contributed by atoms with van der Waals surface area (Å²) in [5, 5.41) is 49.7. The molecule has 0 spiro atoms. The highest BCUT2D eigenvalue weighted by Gasteiger charge is 2.55. The first kappa shape index (κ1) is 32.5. The number of ether oxygens (including phenoxy) is 2. The number of thioether (sulfide) groups is 1. The molecular formula is C25H37N3O10S. The molecular weight excluding hydrogens is 534 g/mol. The van der Waals surface area contributed by atoms with Crippen molar-refractivity contribution in [2.45, 2.75) is 69.9 Å². The van der Waals surface area contributed by atoms with Crippen molar-refractivity contribution in [3.63, 3.8) is 0 Å². The van der Waals surface area contributed by atoms with E-state index in [1.165, 1.54) is 38.1 Å². The molecule has 3 amide bonds. The zero-order valence-corrected chi connectivity index (χ0v) is 22.9. The van der Waals surface area contributed by atoms with Gasteiger partial charge in [-0.3, -0.25) is 14.4 Å². The third-order valence-corrected chi connectivity index (χ3v) is 6.90. The number of aliphatic carboxylic acids is 1. The number of benzene rings is 1. The minimum Gasteiger partial charge on any atom is -0.477 e. The van der Waals surface area contributed by atoms with Gasteiger partial charge in [0.2, 0.25) is 11.8 Å². The number of aliphatic hydroxyl groups is 3. The molecule has 0 radical (unpaired) electrons. The predicted octanol–water partition coefficient (Wildman–Crippen LogP) is -0.308. The highest BCUT2D eigenvalue weighted by molar-refractivity contribution is 7.99. The van der Waals surface area contributed by atoms with E-state index < -0.39 is 67.0 Å². The first-order chi connectivity index (χ1) is 18.4. The van der Waals surface area contributed by atoms with Gasteiger partial charge < -0.3 is 45.9 Å². The predicted molar refractivity (Wildman–Crippen MR) is 142 cm³/mol. The maximum absolute atomic E-state index is 12.5. The summed E-state index contributed by atoms with van der Waals surface area (Å²) in [4.78, 5) is 47.6. The van der Waals surface area contributed by atoms with Crippen LogP contribution in [0, 0.1) is 0 Å². The number of carboxylic acids is 1. The SMILES string of the molecule is CCSCCCO[C@]1(C(=O)O)CC(O)[C@@H](NC(C)=O)[C@H]([C@H](O)[C@H](O)CNC(=O)c2ccc(NC(C)=O)cc2)O1. The number of rotatable bonds is 14. The molecule has 0 aliphatic carbocycles. The topological polar surface area (TPSA) is 204 Å². The summed E-state index contributed by atoms with van der Waals surface area (Å²) in [6.45, 7) is 4.03. The van der Waals surface area contributed by atoms with Gasteiger partial charge in [0.15, 0.2) is 0 Å². The van der Waals surface area contributed by atoms with Crippen molar-refractivity contribution in [2.24, 2.45) is 0 Å². The lowest BCUT2D eigenvalue weighted by atomic mass is 9.88. The number of carbonyl (C=O) groups is 4. The number of aliphatic hydroxyl groups excluding tert-OH is 3. The van der Waals surface area contributed by atoms with Crippen LogP contribution in [-0.2, 0) is 23.9 Å². The summed E-state index contributed by atoms with van der Waals surface area (Å²) in [6, 6.07) is 4.67. The monoisotopic (exact) mass is 571 g/mol. The summed E-state index contributed by atoms with van der Waals surface area (Å²) < 4.78 is 11.2. The highest BCUT2D eigenvalue weighted by atomic mass is 32.2. The number of hydrogen-bond acceptors (Lipinski definition) is 10. The number of anilines is 1. The average Bonchev–Trinajstić information content (AvgIpc) is 2.87. The maximum Gasteiger partial charge on any atom is 0.364 e. The number of carboxylic acid groups (broad SMARTS) is 1. The third kappa shape index (κ3) is 9.44. The lowest BCUT2D eigenvalue weighted by Crippen LogP contribution is -2.68. The molecule has 1 aliphatic heterocycles. The van der Waals surface area contributed by atoms with Crippen molar-refractivity contribution in [3.8, 4) is 0 Å². The molecule has 39 heavy (non-hydrogen) atoms. The van der Waals surface area contributed by atoms with Gasteiger partial charge in [0, 0.05) is 38.1 Å². The second kappa shape index (κ2) is 15.1. The number of nitrogens with one attached hydrogen (secondary N) is 3. The molecule has 0 bridgehead atoms. The fourth-order valence-corrected chi connectivity index (χ4v) is 4.65. The molecule has 1 unspecified atom stereocenters. The highest BCUT2D eigenvalue weighted by Crippen LogP contribution is 2.33. The molecule has 14 heteroatoms. The van der Waals surface area contributed by atoms with E-state index in [9.17, 15) is 39.6 Å². The van der Waals surface area contributed by atoms with Crippen LogP contribution in [-0.4, -0.2) is 105 Å². The summed E-state index contributed by atoms with van der Waals surface area (Å²) in [5.41, 5.74) is 0.700. The molecule has 218 valence electrons. The van der Waals surface area contributed by atoms with Gasteiger partial charge in [-0.1, -0.05) is 6.92 Å². The third-order valence-electron chi connectivity index (χ3n) is 5.91. The van der Waals surface area contributed by atoms with Crippen LogP contribution in [0.1, 0.15) is 44.0 Å². The zero-order chi connectivity index (χ0) is 29.2. The fraction of sp³-hybridized carbons (Fsp3) is 0.600. The van der Waals surface area contributed by atoms with E-state index in [0.29, 0.717) is 17.9 Å². The Bertz CT molecular complexity index is 995. The molecule has 2 rings (SSSR count). The van der Waals surface area contributed by atoms with Crippen molar-refractivity contribution in [2.75, 3.05) is 30.0 Å². The minimum absolute atomic E-state index is 0.00102. The van der Waals surface area contributed by atoms with E-state index in [1.807, 2.05) is 6.92 Å². The summed E-state index contributed by atoms with van der Waals surface area (Å²) in [6.07, 6.45) is -6.62. The first-order valence-corrected chi connectivity index (χ1v) is 13.7. The van der Waals surface area contributed by atoms with E-state index in [-0.39, 0.29) is 18.1 Å². The summed E-state index contributed by atoms with van der Waals surface area (Å²) >= 11 is 1.64. The molecule has 1 aromatic carbocycles. The number of hydrogen-bond donors (Lipinski definition) is 7. The van der Waals surface area contributed by atoms with E-state index in [1.54, 1.807) is 11.8 Å². The Morgan fingerprint density at radius 3 is 2.38 bits per heavy atom. The van der Waals surface area contributed by atoms with Gasteiger partial charge in [-0.25, -0.2) is 4.79 Å². The Kier molecular flexibility index (Phi) is 12.6. The van der Waals surface area contributed by atoms with Crippen LogP contribution in [0.15, 0.2) is 24.3 Å². The maximum atomic E-state index is 12.5. The molecule has 1 aromatic rings. The molecule has 0 aromatic heterocycles. The van der Waals surface area contributed by atoms with Crippen molar-refractivity contribution >= 4 is 41.1 Å². The Morgan fingerprint density at radius 2 is 1.82 bits per heavy atom. The summed E-state index contributed by atoms with van der Waals surface area (Å²) in [5.74, 6) is -3.71. The van der Waals surface area contributed by atoms with E-state index in [4.69, 9.17) is 9.47 Å². The first-order valence-electron chi connectivity index (χ1n) is 12.5. The molecule has 1 fully saturated rings. The van der Waals surface area contributed by atoms with Crippen LogP contribution < -0.4 is 16.0 Å². The van der Waals surface area contributed by atoms with Crippen LogP contribution in [0.2, 0.25) is 0 Å². The molecule has 0 saturated carbocycles. The standard InChI is InChI=1S/C25H37N3O10S/c1-4-39-11-5-10-37-25(24(35)36)12-18(31)20(28-15(3)30)22(38-25)21(33)19(32)13-26-23(34)16-6-8-17(9-7-16)27-14(2)29/h6-9,18-22,31-33H,4-5,10-13H2,1-3H3,(H,26,34)(H,27,29)(H,28,30)(H,35,36)/t18?,19-,20-,21-,22-,25-/m1/s1. The van der Waals surface area contributed by atoms with Gasteiger partial charge in [-0.05, 0) is 42.2 Å². The fourth-order valence-electron chi connectivity index (χ4n) is 4.04. The normalized spacial score (nSPS) is 24.3. The molecule has 7 N–H and O–H groups in total. The van der Waals surface area contributed by atoms with Gasteiger partial charge in [-0.15, -0.1) is 0 Å². The lowest BCUT2D eigenvalue weighted by molar-refractivity contribution is -0.310. The van der Waals surface area contributed by atoms with Gasteiger partial charge in [-0.2, -0.15) is 11.8 Å². The number of carbonyl (C=O) groups excluding carboxylic acids is 3. The molecule has 13 nitrogen and oxygen atoms in total. The molecule has 6 atom stereocenters. The minimum atomic E-state index is -2.32. The van der Waals surface area contributed by atoms with Crippen LogP contribution in [0.4, 0.5) is 5.69 Å². The van der Waals surface area contributed by atoms with Gasteiger partial charge in [0.1, 0.15) is 12.2 Å². The van der Waals surface area contributed by atoms with Crippen molar-refractivity contribution in [1.82, 2.24) is 10.6 Å². The second-order valence-corrected chi connectivity index (χ2v) is 10.5. The van der Waals surface area contributed by atoms with Crippen molar-refractivity contribution in [3.05, 3.63) is 29.8 Å². The lowest BCUT2D eigenvalue weighted by Gasteiger charge is -2.46. The van der Waals surface area contributed by atoms with Gasteiger partial charge in [0.05, 0.1) is 24.9 Å². The Morgan fingerprint density at radius 1 is 1.15 bits per heavy atom. The average molecular weight is 572 g/mol. The van der Waals surface area contributed by atoms with E-state index in [0.717, 1.165) is 5.75 Å². The zero-order valence-electron chi connectivity index (χ0n) is 22.1. The van der Waals surface area contributed by atoms with Crippen LogP contribution in [0.5, 0.6) is 0 Å². The van der Waals surface area contributed by atoms with Crippen LogP contribution in [0.3, 0.4) is 0 Å². The van der Waals surface area contributed by atoms with Crippen molar-refractivity contribution in [1.29, 1.82) is 0 Å². The van der Waals surface area contributed by atoms with E-state index in [2.05, 4.69) is 16.0 Å². The van der Waals surface area contributed by atoms with Crippen molar-refractivity contribution < 1.29 is 49.1 Å². The molecule has 1 heterocycles. The van der Waals surface area contributed by atoms with Gasteiger partial charge in [0.25, 0.3) is 11.7 Å². The number of amides is 3. The second-order valence-electron chi connectivity index (χ2n) is 9.06. The largest absolute Gasteiger partial charge is 0.477 e. The Balaban J connectivity index is 2.13. The molecule has 1 saturated heterocycles. The Hall–Kier alpha value is -2.75. The van der Waals surface area contributed by atoms with Gasteiger partial charge >= 0.3 is 5.97 Å². The Labute approximate surface area is 230 Å². The van der Waals surface area contributed by atoms with Crippen LogP contribution >= 0.6 is 11.8 Å².